The number of unbranched alkanes of at least 4 members (excludes halogenated alkanes) is 2. The Labute approximate surface area is 216 Å². The van der Waals surface area contributed by atoms with E-state index in [0.717, 1.165) is 30.4 Å². The van der Waals surface area contributed by atoms with Crippen LogP contribution in [-0.2, 0) is 27.1 Å². The van der Waals surface area contributed by atoms with Gasteiger partial charge in [0.05, 0.1) is 6.10 Å². The molecule has 0 bridgehead atoms. The van der Waals surface area contributed by atoms with Gasteiger partial charge in [-0.1, -0.05) is 38.3 Å². The van der Waals surface area contributed by atoms with Gasteiger partial charge in [-0.05, 0) is 73.5 Å². The van der Waals surface area contributed by atoms with E-state index in [1.807, 2.05) is 18.2 Å². The largest absolute Gasteiger partial charge is 0.508 e. The van der Waals surface area contributed by atoms with Gasteiger partial charge < -0.3 is 29.2 Å². The van der Waals surface area contributed by atoms with E-state index in [4.69, 9.17) is 14.2 Å². The van der Waals surface area contributed by atoms with Crippen LogP contribution in [0.5, 0.6) is 5.75 Å². The first-order valence-electron chi connectivity index (χ1n) is 13.1. The van der Waals surface area contributed by atoms with Crippen molar-refractivity contribution in [1.82, 2.24) is 0 Å². The van der Waals surface area contributed by atoms with Crippen molar-refractivity contribution in [1.29, 1.82) is 0 Å². The third kappa shape index (κ3) is 8.75. The lowest BCUT2D eigenvalue weighted by Gasteiger charge is -2.33. The molecule has 37 heavy (non-hydrogen) atoms. The summed E-state index contributed by atoms with van der Waals surface area (Å²) < 4.78 is 57.9. The fraction of sp³-hybridized carbons (Fsp3) is 0.741. The number of carbonyl (C=O) groups excluding carboxylic acids is 1. The number of aliphatic hydroxyl groups is 2. The molecule has 210 valence electrons. The van der Waals surface area contributed by atoms with E-state index in [9.17, 15) is 28.2 Å². The first-order valence-corrected chi connectivity index (χ1v) is 13.1. The highest BCUT2D eigenvalue weighted by Crippen LogP contribution is 2.49. The van der Waals surface area contributed by atoms with Crippen molar-refractivity contribution in [3.63, 3.8) is 0 Å². The van der Waals surface area contributed by atoms with Gasteiger partial charge in [0.2, 0.25) is 0 Å². The van der Waals surface area contributed by atoms with Gasteiger partial charge in [0.1, 0.15) is 18.5 Å². The van der Waals surface area contributed by atoms with Crippen LogP contribution in [0.1, 0.15) is 63.0 Å². The second-order valence-electron chi connectivity index (χ2n) is 10.2. The summed E-state index contributed by atoms with van der Waals surface area (Å²) in [6.07, 6.45) is -1.29. The van der Waals surface area contributed by atoms with E-state index >= 15 is 0 Å². The predicted octanol–water partition coefficient (Wildman–Crippen LogP) is 5.19. The number of aliphatic hydroxyl groups excluding tert-OH is 2. The van der Waals surface area contributed by atoms with Crippen LogP contribution in [0.3, 0.4) is 0 Å². The van der Waals surface area contributed by atoms with Crippen LogP contribution in [0.4, 0.5) is 18.0 Å². The maximum absolute atomic E-state index is 12.5. The molecule has 1 unspecified atom stereocenters. The van der Waals surface area contributed by atoms with Crippen molar-refractivity contribution in [2.45, 2.75) is 89.4 Å². The molecule has 2 N–H and O–H groups in total. The Hall–Kier alpha value is -2.04. The van der Waals surface area contributed by atoms with Gasteiger partial charge >= 0.3 is 12.3 Å². The Morgan fingerprint density at radius 1 is 1.16 bits per heavy atom. The average Bonchev–Trinajstić information content (AvgIpc) is 3.18. The molecule has 0 radical (unpaired) electrons. The van der Waals surface area contributed by atoms with E-state index < -0.39 is 37.4 Å². The average molecular weight is 533 g/mol. The summed E-state index contributed by atoms with van der Waals surface area (Å²) in [5.74, 6) is 0.837. The van der Waals surface area contributed by atoms with E-state index in [0.29, 0.717) is 44.3 Å². The van der Waals surface area contributed by atoms with Crippen molar-refractivity contribution in [2.75, 3.05) is 20.3 Å². The maximum Gasteiger partial charge on any atom is 0.508 e. The number of carbonyl (C=O) groups is 1. The molecule has 1 aromatic rings. The number of hydrogen-bond acceptors (Lipinski definition) is 7. The SMILES string of the molecule is CCCCC[C@H](O)CC[C@@H]1[C@H]2Cc3cccc(OCC(O)OC)c3C[C@H]2C[C@H]1OC(=O)OCC(F)(F)F. The van der Waals surface area contributed by atoms with Gasteiger partial charge in [-0.3, -0.25) is 0 Å². The molecule has 2 aliphatic rings. The molecular formula is C27H39F3O7. The summed E-state index contributed by atoms with van der Waals surface area (Å²) >= 11 is 0. The van der Waals surface area contributed by atoms with Crippen LogP contribution < -0.4 is 4.74 Å². The molecule has 0 aromatic heterocycles. The Bertz CT molecular complexity index is 863. The van der Waals surface area contributed by atoms with Crippen molar-refractivity contribution >= 4 is 6.16 Å². The third-order valence-electron chi connectivity index (χ3n) is 7.55. The fourth-order valence-corrected chi connectivity index (χ4v) is 5.73. The Morgan fingerprint density at radius 3 is 2.65 bits per heavy atom. The van der Waals surface area contributed by atoms with Crippen LogP contribution in [0.25, 0.3) is 0 Å². The van der Waals surface area contributed by atoms with Gasteiger partial charge in [0.25, 0.3) is 0 Å². The molecule has 6 atom stereocenters. The molecule has 1 aromatic carbocycles. The summed E-state index contributed by atoms with van der Waals surface area (Å²) in [5, 5.41) is 20.2. The molecule has 3 rings (SSSR count). The standard InChI is InChI=1S/C27H39F3O7/c1-3-4-5-8-19(31)10-11-20-21-12-17-7-6-9-23(35-15-25(32)34-2)22(17)13-18(21)14-24(20)37-26(33)36-16-27(28,29)30/h6-7,9,18-21,24-25,31-32H,3-5,8,10-16H2,1-2H3/t18-,19-,20+,21-,24+,25?/m0/s1. The normalized spacial score (nSPS) is 24.6. The van der Waals surface area contributed by atoms with Gasteiger partial charge in [-0.15, -0.1) is 0 Å². The van der Waals surface area contributed by atoms with Crippen molar-refractivity contribution in [2.24, 2.45) is 17.8 Å². The molecule has 0 amide bonds. The van der Waals surface area contributed by atoms with Crippen molar-refractivity contribution in [3.05, 3.63) is 29.3 Å². The Morgan fingerprint density at radius 2 is 1.95 bits per heavy atom. The quantitative estimate of drug-likeness (QED) is 0.205. The third-order valence-corrected chi connectivity index (χ3v) is 7.55. The summed E-state index contributed by atoms with van der Waals surface area (Å²) in [6.45, 7) is 0.393. The lowest BCUT2D eigenvalue weighted by atomic mass is 9.73. The van der Waals surface area contributed by atoms with E-state index in [1.165, 1.54) is 7.11 Å². The molecule has 2 aliphatic carbocycles. The van der Waals surface area contributed by atoms with E-state index in [-0.39, 0.29) is 24.4 Å². The number of benzene rings is 1. The molecule has 0 heterocycles. The van der Waals surface area contributed by atoms with E-state index in [1.54, 1.807) is 0 Å². The number of fused-ring (bicyclic) bond motifs is 2. The number of ether oxygens (including phenoxy) is 4. The van der Waals surface area contributed by atoms with Gasteiger partial charge in [0.15, 0.2) is 12.9 Å². The molecule has 0 saturated heterocycles. The molecule has 10 heteroatoms. The van der Waals surface area contributed by atoms with Crippen LogP contribution >= 0.6 is 0 Å². The highest BCUT2D eigenvalue weighted by Gasteiger charge is 2.47. The number of methoxy groups -OCH3 is 1. The number of hydrogen-bond donors (Lipinski definition) is 2. The molecule has 0 aliphatic heterocycles. The van der Waals surface area contributed by atoms with Crippen LogP contribution in [0.2, 0.25) is 0 Å². The second kappa shape index (κ2) is 13.7. The summed E-state index contributed by atoms with van der Waals surface area (Å²) in [4.78, 5) is 12.1. The topological polar surface area (TPSA) is 94.5 Å². The predicted molar refractivity (Wildman–Crippen MR) is 129 cm³/mol. The smallest absolute Gasteiger partial charge is 0.488 e. The molecule has 0 spiro atoms. The Kier molecular flexibility index (Phi) is 10.9. The Balaban J connectivity index is 1.72. The van der Waals surface area contributed by atoms with Crippen LogP contribution in [0, 0.1) is 17.8 Å². The van der Waals surface area contributed by atoms with Crippen molar-refractivity contribution < 1.29 is 47.1 Å². The van der Waals surface area contributed by atoms with Gasteiger partial charge in [-0.25, -0.2) is 4.79 Å². The lowest BCUT2D eigenvalue weighted by Crippen LogP contribution is -2.30. The summed E-state index contributed by atoms with van der Waals surface area (Å²) in [7, 11) is 1.39. The monoisotopic (exact) mass is 532 g/mol. The number of alkyl halides is 3. The fourth-order valence-electron chi connectivity index (χ4n) is 5.73. The zero-order chi connectivity index (χ0) is 27.0. The molecule has 1 fully saturated rings. The minimum Gasteiger partial charge on any atom is -0.488 e. The maximum atomic E-state index is 12.5. The minimum atomic E-state index is -4.63. The summed E-state index contributed by atoms with van der Waals surface area (Å²) in [6, 6.07) is 5.74. The molecule has 7 nitrogen and oxygen atoms in total. The lowest BCUT2D eigenvalue weighted by molar-refractivity contribution is -0.167. The highest BCUT2D eigenvalue weighted by molar-refractivity contribution is 5.60. The molecular weight excluding hydrogens is 493 g/mol. The summed E-state index contributed by atoms with van der Waals surface area (Å²) in [5.41, 5.74) is 2.12. The van der Waals surface area contributed by atoms with Crippen LogP contribution in [0.15, 0.2) is 18.2 Å². The minimum absolute atomic E-state index is 0.0175. The number of halogens is 3. The second-order valence-corrected chi connectivity index (χ2v) is 10.2. The van der Waals surface area contributed by atoms with E-state index in [2.05, 4.69) is 11.7 Å². The zero-order valence-corrected chi connectivity index (χ0v) is 21.5. The van der Waals surface area contributed by atoms with Crippen LogP contribution in [-0.4, -0.2) is 61.4 Å². The van der Waals surface area contributed by atoms with Crippen molar-refractivity contribution in [3.8, 4) is 5.75 Å². The first kappa shape index (κ1) is 29.5. The first-order chi connectivity index (χ1) is 17.6. The highest BCUT2D eigenvalue weighted by atomic mass is 19.4. The molecule has 1 saturated carbocycles. The van der Waals surface area contributed by atoms with Gasteiger partial charge in [0, 0.05) is 7.11 Å². The van der Waals surface area contributed by atoms with Gasteiger partial charge in [-0.2, -0.15) is 13.2 Å². The zero-order valence-electron chi connectivity index (χ0n) is 21.5. The number of rotatable bonds is 13.